The van der Waals surface area contributed by atoms with Crippen LogP contribution in [0.25, 0.3) is 0 Å². The summed E-state index contributed by atoms with van der Waals surface area (Å²) in [6, 6.07) is 8.98. The average Bonchev–Trinajstić information content (AvgIpc) is 2.47. The van der Waals surface area contributed by atoms with Crippen LogP contribution in [0.2, 0.25) is 0 Å². The van der Waals surface area contributed by atoms with Gasteiger partial charge in [-0.3, -0.25) is 4.79 Å². The van der Waals surface area contributed by atoms with Crippen LogP contribution in [0, 0.1) is 0 Å². The van der Waals surface area contributed by atoms with Crippen LogP contribution in [0.1, 0.15) is 12.8 Å². The molecule has 1 aromatic carbocycles. The molecule has 0 spiro atoms. The summed E-state index contributed by atoms with van der Waals surface area (Å²) in [4.78, 5) is 19.7. The van der Waals surface area contributed by atoms with Crippen molar-refractivity contribution in [1.29, 1.82) is 0 Å². The van der Waals surface area contributed by atoms with Gasteiger partial charge in [-0.15, -0.1) is 11.8 Å². The number of anilines is 2. The normalized spacial score (nSPS) is 10.2. The zero-order valence-corrected chi connectivity index (χ0v) is 11.8. The number of rotatable bonds is 6. The highest BCUT2D eigenvalue weighted by Gasteiger charge is 2.03. The van der Waals surface area contributed by atoms with E-state index in [9.17, 15) is 4.79 Å². The van der Waals surface area contributed by atoms with Crippen LogP contribution in [0.3, 0.4) is 0 Å². The van der Waals surface area contributed by atoms with E-state index >= 15 is 0 Å². The van der Waals surface area contributed by atoms with Crippen molar-refractivity contribution in [2.75, 3.05) is 16.8 Å². The summed E-state index contributed by atoms with van der Waals surface area (Å²) < 4.78 is 0. The lowest BCUT2D eigenvalue weighted by Crippen LogP contribution is -2.11. The first-order valence-corrected chi connectivity index (χ1v) is 7.27. The molecule has 0 aliphatic rings. The van der Waals surface area contributed by atoms with Gasteiger partial charge in [0, 0.05) is 24.0 Å². The van der Waals surface area contributed by atoms with Crippen molar-refractivity contribution in [3.63, 3.8) is 0 Å². The first-order valence-electron chi connectivity index (χ1n) is 6.28. The van der Waals surface area contributed by atoms with Gasteiger partial charge in [0.15, 0.2) is 0 Å². The summed E-state index contributed by atoms with van der Waals surface area (Å²) in [6.45, 7) is 0. The summed E-state index contributed by atoms with van der Waals surface area (Å²) in [6.07, 6.45) is 4.53. The molecule has 2 aromatic rings. The van der Waals surface area contributed by atoms with Crippen LogP contribution in [-0.4, -0.2) is 21.6 Å². The minimum Gasteiger partial charge on any atom is -0.399 e. The predicted octanol–water partition coefficient (Wildman–Crippen LogP) is 2.57. The SMILES string of the molecule is Nc1ccc(NC(=O)CCCSc2ccncn2)cc1. The molecule has 104 valence electrons. The number of carbonyl (C=O) groups is 1. The number of nitrogens with zero attached hydrogens (tertiary/aromatic N) is 2. The maximum atomic E-state index is 11.7. The average molecular weight is 288 g/mol. The second kappa shape index (κ2) is 7.49. The van der Waals surface area contributed by atoms with Gasteiger partial charge in [-0.25, -0.2) is 9.97 Å². The Balaban J connectivity index is 1.66. The van der Waals surface area contributed by atoms with E-state index in [2.05, 4.69) is 15.3 Å². The highest BCUT2D eigenvalue weighted by molar-refractivity contribution is 7.99. The highest BCUT2D eigenvalue weighted by atomic mass is 32.2. The molecule has 2 rings (SSSR count). The fourth-order valence-corrected chi connectivity index (χ4v) is 2.34. The van der Waals surface area contributed by atoms with Crippen molar-refractivity contribution in [1.82, 2.24) is 9.97 Å². The van der Waals surface area contributed by atoms with E-state index in [1.54, 1.807) is 42.2 Å². The topological polar surface area (TPSA) is 80.9 Å². The third-order valence-corrected chi connectivity index (χ3v) is 3.58. The number of hydrogen-bond donors (Lipinski definition) is 2. The van der Waals surface area contributed by atoms with Crippen LogP contribution < -0.4 is 11.1 Å². The summed E-state index contributed by atoms with van der Waals surface area (Å²) in [7, 11) is 0. The van der Waals surface area contributed by atoms with Gasteiger partial charge in [0.1, 0.15) is 6.33 Å². The van der Waals surface area contributed by atoms with E-state index in [-0.39, 0.29) is 5.91 Å². The van der Waals surface area contributed by atoms with Gasteiger partial charge in [-0.05, 0) is 42.5 Å². The van der Waals surface area contributed by atoms with Crippen LogP contribution in [-0.2, 0) is 4.79 Å². The summed E-state index contributed by atoms with van der Waals surface area (Å²) >= 11 is 1.62. The summed E-state index contributed by atoms with van der Waals surface area (Å²) in [5.74, 6) is 0.865. The quantitative estimate of drug-likeness (QED) is 0.369. The van der Waals surface area contributed by atoms with Crippen LogP contribution in [0.15, 0.2) is 47.9 Å². The fourth-order valence-electron chi connectivity index (χ4n) is 1.56. The molecule has 20 heavy (non-hydrogen) atoms. The number of benzene rings is 1. The zero-order chi connectivity index (χ0) is 14.2. The highest BCUT2D eigenvalue weighted by Crippen LogP contribution is 2.16. The number of nitrogens with one attached hydrogen (secondary N) is 1. The van der Waals surface area contributed by atoms with Crippen molar-refractivity contribution < 1.29 is 4.79 Å². The van der Waals surface area contributed by atoms with E-state index in [1.807, 2.05) is 6.07 Å². The van der Waals surface area contributed by atoms with Crippen molar-refractivity contribution in [3.05, 3.63) is 42.9 Å². The van der Waals surface area contributed by atoms with Crippen LogP contribution in [0.4, 0.5) is 11.4 Å². The largest absolute Gasteiger partial charge is 0.399 e. The Kier molecular flexibility index (Phi) is 5.37. The van der Waals surface area contributed by atoms with Crippen molar-refractivity contribution in [2.45, 2.75) is 17.9 Å². The molecular formula is C14H16N4OS. The number of carbonyl (C=O) groups excluding carboxylic acids is 1. The van der Waals surface area contributed by atoms with E-state index in [0.717, 1.165) is 22.9 Å². The Morgan fingerprint density at radius 2 is 2.05 bits per heavy atom. The zero-order valence-electron chi connectivity index (χ0n) is 11.0. The van der Waals surface area contributed by atoms with Crippen molar-refractivity contribution in [3.8, 4) is 0 Å². The number of aromatic nitrogens is 2. The van der Waals surface area contributed by atoms with Gasteiger partial charge < -0.3 is 11.1 Å². The molecule has 0 aliphatic heterocycles. The van der Waals surface area contributed by atoms with E-state index < -0.39 is 0 Å². The molecule has 0 bridgehead atoms. The maximum Gasteiger partial charge on any atom is 0.224 e. The monoisotopic (exact) mass is 288 g/mol. The fraction of sp³-hybridized carbons (Fsp3) is 0.214. The van der Waals surface area contributed by atoms with Gasteiger partial charge in [0.2, 0.25) is 5.91 Å². The molecule has 0 saturated carbocycles. The Hall–Kier alpha value is -2.08. The second-order valence-electron chi connectivity index (χ2n) is 4.17. The third-order valence-electron chi connectivity index (χ3n) is 2.55. The van der Waals surface area contributed by atoms with Crippen molar-refractivity contribution in [2.24, 2.45) is 0 Å². The van der Waals surface area contributed by atoms with E-state index in [0.29, 0.717) is 12.1 Å². The Morgan fingerprint density at radius 1 is 1.25 bits per heavy atom. The van der Waals surface area contributed by atoms with Crippen LogP contribution in [0.5, 0.6) is 0 Å². The Labute approximate surface area is 122 Å². The number of nitrogen functional groups attached to an aromatic ring is 1. The van der Waals surface area contributed by atoms with Gasteiger partial charge in [-0.2, -0.15) is 0 Å². The Morgan fingerprint density at radius 3 is 2.75 bits per heavy atom. The number of amides is 1. The van der Waals surface area contributed by atoms with Crippen molar-refractivity contribution >= 4 is 29.0 Å². The van der Waals surface area contributed by atoms with Gasteiger partial charge >= 0.3 is 0 Å². The van der Waals surface area contributed by atoms with Gasteiger partial charge in [0.25, 0.3) is 0 Å². The molecule has 1 amide bonds. The molecule has 0 aliphatic carbocycles. The molecule has 0 radical (unpaired) electrons. The number of thioether (sulfide) groups is 1. The minimum atomic E-state index is 0.0121. The van der Waals surface area contributed by atoms with Gasteiger partial charge in [-0.1, -0.05) is 0 Å². The first kappa shape index (κ1) is 14.3. The molecule has 0 atom stereocenters. The smallest absolute Gasteiger partial charge is 0.224 e. The molecular weight excluding hydrogens is 272 g/mol. The second-order valence-corrected chi connectivity index (χ2v) is 5.29. The molecule has 5 nitrogen and oxygen atoms in total. The molecule has 6 heteroatoms. The molecule has 1 heterocycles. The Bertz CT molecular complexity index is 545. The lowest BCUT2D eigenvalue weighted by molar-refractivity contribution is -0.116. The molecule has 0 unspecified atom stereocenters. The maximum absolute atomic E-state index is 11.7. The standard InChI is InChI=1S/C14H16N4OS/c15-11-3-5-12(6-4-11)18-13(19)2-1-9-20-14-7-8-16-10-17-14/h3-8,10H,1-2,9,15H2,(H,18,19). The lowest BCUT2D eigenvalue weighted by atomic mass is 10.2. The number of nitrogens with two attached hydrogens (primary N) is 1. The van der Waals surface area contributed by atoms with E-state index in [4.69, 9.17) is 5.73 Å². The molecule has 0 fully saturated rings. The third kappa shape index (κ3) is 4.89. The molecule has 1 aromatic heterocycles. The van der Waals surface area contributed by atoms with Crippen LogP contribution >= 0.6 is 11.8 Å². The number of hydrogen-bond acceptors (Lipinski definition) is 5. The molecule has 3 N–H and O–H groups in total. The van der Waals surface area contributed by atoms with E-state index in [1.165, 1.54) is 6.33 Å². The summed E-state index contributed by atoms with van der Waals surface area (Å²) in [5.41, 5.74) is 7.04. The minimum absolute atomic E-state index is 0.0121. The summed E-state index contributed by atoms with van der Waals surface area (Å²) in [5, 5.41) is 3.77. The molecule has 0 saturated heterocycles. The lowest BCUT2D eigenvalue weighted by Gasteiger charge is -2.05. The predicted molar refractivity (Wildman–Crippen MR) is 81.5 cm³/mol. The first-order chi connectivity index (χ1) is 9.74. The van der Waals surface area contributed by atoms with Gasteiger partial charge in [0.05, 0.1) is 5.03 Å².